The van der Waals surface area contributed by atoms with Crippen LogP contribution in [0.15, 0.2) is 53.0 Å². The van der Waals surface area contributed by atoms with Crippen molar-refractivity contribution in [3.8, 4) is 0 Å². The van der Waals surface area contributed by atoms with E-state index in [0.717, 1.165) is 42.5 Å². The Labute approximate surface area is 187 Å². The zero-order valence-corrected chi connectivity index (χ0v) is 18.9. The Morgan fingerprint density at radius 3 is 2.53 bits per heavy atom. The maximum absolute atomic E-state index is 12.5. The molecular weight excluding hydrogens is 442 g/mol. The van der Waals surface area contributed by atoms with Gasteiger partial charge in [0.25, 0.3) is 0 Å². The van der Waals surface area contributed by atoms with Gasteiger partial charge in [0.05, 0.1) is 0 Å². The molecule has 1 atom stereocenters. The van der Waals surface area contributed by atoms with E-state index in [1.807, 2.05) is 35.2 Å². The lowest BCUT2D eigenvalue weighted by Crippen LogP contribution is -2.45. The number of ether oxygens (including phenoxy) is 1. The number of hydrogen-bond donors (Lipinski definition) is 1. The number of hydrogen-bond acceptors (Lipinski definition) is 4. The Kier molecular flexibility index (Phi) is 6.95. The molecule has 2 aliphatic rings. The highest BCUT2D eigenvalue weighted by atomic mass is 79.9. The molecule has 0 bridgehead atoms. The van der Waals surface area contributed by atoms with Crippen molar-refractivity contribution in [2.75, 3.05) is 24.5 Å². The SMILES string of the molecule is NCc1c(Br)cccc1N1CCC[C@@H]1C1CCN(C(=O)OCc2ccccc2)CC1. The number of amides is 1. The molecule has 2 fully saturated rings. The number of carbonyl (C=O) groups is 1. The smallest absolute Gasteiger partial charge is 0.410 e. The van der Waals surface area contributed by atoms with Crippen molar-refractivity contribution < 1.29 is 9.53 Å². The van der Waals surface area contributed by atoms with Crippen LogP contribution in [0.5, 0.6) is 0 Å². The van der Waals surface area contributed by atoms with Crippen LogP contribution in [0.25, 0.3) is 0 Å². The predicted molar refractivity (Wildman–Crippen MR) is 123 cm³/mol. The van der Waals surface area contributed by atoms with Gasteiger partial charge in [-0.1, -0.05) is 52.3 Å². The second kappa shape index (κ2) is 9.84. The van der Waals surface area contributed by atoms with Crippen LogP contribution in [0.1, 0.15) is 36.8 Å². The van der Waals surface area contributed by atoms with Gasteiger partial charge in [0.1, 0.15) is 6.61 Å². The van der Waals surface area contributed by atoms with E-state index in [0.29, 0.717) is 25.1 Å². The van der Waals surface area contributed by atoms with Crippen LogP contribution in [0.3, 0.4) is 0 Å². The lowest BCUT2D eigenvalue weighted by atomic mass is 9.87. The van der Waals surface area contributed by atoms with Crippen LogP contribution in [0.2, 0.25) is 0 Å². The molecule has 0 unspecified atom stereocenters. The molecule has 2 aliphatic heterocycles. The maximum atomic E-state index is 12.5. The Bertz CT molecular complexity index is 853. The van der Waals surface area contributed by atoms with Crippen LogP contribution in [-0.4, -0.2) is 36.7 Å². The third-order valence-corrected chi connectivity index (χ3v) is 7.20. The number of piperidine rings is 1. The van der Waals surface area contributed by atoms with Gasteiger partial charge in [-0.05, 0) is 49.3 Å². The number of anilines is 1. The molecule has 160 valence electrons. The molecule has 1 amide bonds. The zero-order chi connectivity index (χ0) is 20.9. The molecule has 0 aromatic heterocycles. The van der Waals surface area contributed by atoms with Crippen LogP contribution in [0.4, 0.5) is 10.5 Å². The Morgan fingerprint density at radius 2 is 1.80 bits per heavy atom. The third-order valence-electron chi connectivity index (χ3n) is 6.45. The fourth-order valence-electron chi connectivity index (χ4n) is 4.88. The van der Waals surface area contributed by atoms with E-state index in [2.05, 4.69) is 39.0 Å². The number of nitrogens with two attached hydrogens (primary N) is 1. The fraction of sp³-hybridized carbons (Fsp3) is 0.458. The van der Waals surface area contributed by atoms with Crippen molar-refractivity contribution >= 4 is 27.7 Å². The van der Waals surface area contributed by atoms with Crippen molar-refractivity contribution in [3.63, 3.8) is 0 Å². The summed E-state index contributed by atoms with van der Waals surface area (Å²) >= 11 is 3.66. The minimum Gasteiger partial charge on any atom is -0.445 e. The monoisotopic (exact) mass is 471 g/mol. The molecule has 2 aromatic carbocycles. The number of nitrogens with zero attached hydrogens (tertiary/aromatic N) is 2. The van der Waals surface area contributed by atoms with Crippen molar-refractivity contribution in [2.24, 2.45) is 11.7 Å². The van der Waals surface area contributed by atoms with Crippen molar-refractivity contribution in [3.05, 3.63) is 64.1 Å². The molecule has 0 spiro atoms. The molecular formula is C24H30BrN3O2. The summed E-state index contributed by atoms with van der Waals surface area (Å²) in [4.78, 5) is 16.9. The minimum atomic E-state index is -0.196. The molecule has 4 rings (SSSR count). The van der Waals surface area contributed by atoms with Gasteiger partial charge in [-0.3, -0.25) is 0 Å². The first kappa shape index (κ1) is 21.2. The summed E-state index contributed by atoms with van der Waals surface area (Å²) in [5.41, 5.74) is 9.52. The highest BCUT2D eigenvalue weighted by Gasteiger charge is 2.35. The first-order valence-electron chi connectivity index (χ1n) is 10.9. The first-order chi connectivity index (χ1) is 14.7. The Morgan fingerprint density at radius 1 is 1.03 bits per heavy atom. The molecule has 30 heavy (non-hydrogen) atoms. The average molecular weight is 472 g/mol. The molecule has 0 radical (unpaired) electrons. The van der Waals surface area contributed by atoms with Gasteiger partial charge >= 0.3 is 6.09 Å². The van der Waals surface area contributed by atoms with Gasteiger partial charge in [0.15, 0.2) is 0 Å². The number of likely N-dealkylation sites (tertiary alicyclic amines) is 1. The molecule has 0 aliphatic carbocycles. The average Bonchev–Trinajstić information content (AvgIpc) is 3.28. The topological polar surface area (TPSA) is 58.8 Å². The largest absolute Gasteiger partial charge is 0.445 e. The quantitative estimate of drug-likeness (QED) is 0.671. The second-order valence-electron chi connectivity index (χ2n) is 8.21. The molecule has 2 N–H and O–H groups in total. The summed E-state index contributed by atoms with van der Waals surface area (Å²) in [5, 5.41) is 0. The number of benzene rings is 2. The van der Waals surface area contributed by atoms with Crippen LogP contribution >= 0.6 is 15.9 Å². The highest BCUT2D eigenvalue weighted by molar-refractivity contribution is 9.10. The highest BCUT2D eigenvalue weighted by Crippen LogP contribution is 2.37. The van der Waals surface area contributed by atoms with E-state index in [4.69, 9.17) is 10.5 Å². The molecule has 2 saturated heterocycles. The van der Waals surface area contributed by atoms with Gasteiger partial charge in [-0.2, -0.15) is 0 Å². The molecule has 6 heteroatoms. The van der Waals surface area contributed by atoms with Gasteiger partial charge in [-0.25, -0.2) is 4.79 Å². The molecule has 2 heterocycles. The first-order valence-corrected chi connectivity index (χ1v) is 11.7. The van der Waals surface area contributed by atoms with Gasteiger partial charge in [-0.15, -0.1) is 0 Å². The molecule has 0 saturated carbocycles. The van der Waals surface area contributed by atoms with Crippen molar-refractivity contribution in [1.29, 1.82) is 0 Å². The zero-order valence-electron chi connectivity index (χ0n) is 17.3. The van der Waals surface area contributed by atoms with Crippen LogP contribution in [-0.2, 0) is 17.9 Å². The molecule has 5 nitrogen and oxygen atoms in total. The summed E-state index contributed by atoms with van der Waals surface area (Å²) in [6.45, 7) is 3.48. The predicted octanol–water partition coefficient (Wildman–Crippen LogP) is 4.93. The summed E-state index contributed by atoms with van der Waals surface area (Å²) < 4.78 is 6.61. The van der Waals surface area contributed by atoms with E-state index in [9.17, 15) is 4.79 Å². The van der Waals surface area contributed by atoms with E-state index in [1.165, 1.54) is 24.1 Å². The summed E-state index contributed by atoms with van der Waals surface area (Å²) in [6, 6.07) is 16.7. The standard InChI is InChI=1S/C24H30BrN3O2/c25-21-8-4-9-23(20(21)16-26)28-13-5-10-22(28)19-11-14-27(15-12-19)24(29)30-17-18-6-2-1-3-7-18/h1-4,6-9,19,22H,5,10-17,26H2/t22-/m1/s1. The molecule has 2 aromatic rings. The second-order valence-corrected chi connectivity index (χ2v) is 9.06. The lowest BCUT2D eigenvalue weighted by Gasteiger charge is -2.39. The van der Waals surface area contributed by atoms with E-state index >= 15 is 0 Å². The van der Waals surface area contributed by atoms with Crippen LogP contribution < -0.4 is 10.6 Å². The maximum Gasteiger partial charge on any atom is 0.410 e. The van der Waals surface area contributed by atoms with Gasteiger partial charge in [0, 0.05) is 47.9 Å². The number of halogens is 1. The van der Waals surface area contributed by atoms with E-state index in [-0.39, 0.29) is 6.09 Å². The number of carbonyl (C=O) groups excluding carboxylic acids is 1. The van der Waals surface area contributed by atoms with Crippen molar-refractivity contribution in [2.45, 2.75) is 44.9 Å². The Hall–Kier alpha value is -2.05. The summed E-state index contributed by atoms with van der Waals surface area (Å²) in [6.07, 6.45) is 4.26. The van der Waals surface area contributed by atoms with Gasteiger partial charge in [0.2, 0.25) is 0 Å². The van der Waals surface area contributed by atoms with E-state index < -0.39 is 0 Å². The van der Waals surface area contributed by atoms with E-state index in [1.54, 1.807) is 0 Å². The lowest BCUT2D eigenvalue weighted by molar-refractivity contribution is 0.0799. The summed E-state index contributed by atoms with van der Waals surface area (Å²) in [7, 11) is 0. The van der Waals surface area contributed by atoms with Crippen molar-refractivity contribution in [1.82, 2.24) is 4.90 Å². The number of rotatable bonds is 5. The normalized spacial score (nSPS) is 19.9. The Balaban J connectivity index is 1.34. The fourth-order valence-corrected chi connectivity index (χ4v) is 5.40. The van der Waals surface area contributed by atoms with Gasteiger partial charge < -0.3 is 20.3 Å². The summed E-state index contributed by atoms with van der Waals surface area (Å²) in [5.74, 6) is 0.593. The minimum absolute atomic E-state index is 0.196. The van der Waals surface area contributed by atoms with Crippen LogP contribution in [0, 0.1) is 5.92 Å². The third kappa shape index (κ3) is 4.65.